The van der Waals surface area contributed by atoms with Crippen LogP contribution in [-0.2, 0) is 14.3 Å². The van der Waals surface area contributed by atoms with Gasteiger partial charge in [-0.2, -0.15) is 0 Å². The van der Waals surface area contributed by atoms with E-state index in [4.69, 9.17) is 9.47 Å². The summed E-state index contributed by atoms with van der Waals surface area (Å²) in [5.41, 5.74) is 4.20. The summed E-state index contributed by atoms with van der Waals surface area (Å²) in [6.07, 6.45) is 0. The van der Waals surface area contributed by atoms with Crippen molar-refractivity contribution in [3.05, 3.63) is 64.9 Å². The zero-order valence-corrected chi connectivity index (χ0v) is 16.9. The Morgan fingerprint density at radius 3 is 2.38 bits per heavy atom. The molecule has 4 rings (SSSR count). The van der Waals surface area contributed by atoms with Crippen LogP contribution in [0.2, 0.25) is 0 Å². The monoisotopic (exact) mass is 392 g/mol. The van der Waals surface area contributed by atoms with Crippen LogP contribution in [-0.4, -0.2) is 50.1 Å². The van der Waals surface area contributed by atoms with Gasteiger partial charge in [-0.05, 0) is 37.1 Å². The van der Waals surface area contributed by atoms with Crippen LogP contribution in [0.25, 0.3) is 5.57 Å². The first kappa shape index (κ1) is 19.2. The summed E-state index contributed by atoms with van der Waals surface area (Å²) in [5.74, 6) is -0.165. The molecule has 2 amide bonds. The number of imide groups is 1. The minimum atomic E-state index is -0.326. The van der Waals surface area contributed by atoms with Crippen LogP contribution < -0.4 is 9.64 Å². The summed E-state index contributed by atoms with van der Waals surface area (Å²) < 4.78 is 10.9. The quantitative estimate of drug-likeness (QED) is 0.749. The highest BCUT2D eigenvalue weighted by atomic mass is 16.5. The lowest BCUT2D eigenvalue weighted by atomic mass is 9.97. The van der Waals surface area contributed by atoms with E-state index in [-0.39, 0.29) is 11.8 Å². The van der Waals surface area contributed by atoms with Crippen LogP contribution in [0.5, 0.6) is 5.75 Å². The highest BCUT2D eigenvalue weighted by molar-refractivity contribution is 6.45. The number of para-hydroxylation sites is 2. The summed E-state index contributed by atoms with van der Waals surface area (Å²) in [6, 6.07) is 13.0. The highest BCUT2D eigenvalue weighted by Crippen LogP contribution is 2.39. The van der Waals surface area contributed by atoms with Crippen LogP contribution in [0.4, 0.5) is 5.69 Å². The number of ether oxygens (including phenoxy) is 2. The summed E-state index contributed by atoms with van der Waals surface area (Å²) in [7, 11) is 1.53. The zero-order chi connectivity index (χ0) is 20.5. The lowest BCUT2D eigenvalue weighted by Gasteiger charge is -2.29. The second kappa shape index (κ2) is 7.72. The Hall–Kier alpha value is -3.12. The molecule has 0 radical (unpaired) electrons. The Labute approximate surface area is 170 Å². The number of rotatable bonds is 4. The molecule has 0 spiro atoms. The molecule has 1 fully saturated rings. The van der Waals surface area contributed by atoms with Gasteiger partial charge < -0.3 is 14.4 Å². The maximum atomic E-state index is 13.6. The van der Waals surface area contributed by atoms with E-state index in [1.807, 2.05) is 43.0 Å². The molecular weight excluding hydrogens is 368 g/mol. The fourth-order valence-corrected chi connectivity index (χ4v) is 3.97. The van der Waals surface area contributed by atoms with Crippen molar-refractivity contribution in [1.29, 1.82) is 0 Å². The first-order valence-corrected chi connectivity index (χ1v) is 9.69. The molecule has 0 unspecified atom stereocenters. The number of anilines is 1. The van der Waals surface area contributed by atoms with Gasteiger partial charge in [0, 0.05) is 13.1 Å². The third kappa shape index (κ3) is 3.29. The largest absolute Gasteiger partial charge is 0.495 e. The number of morpholine rings is 1. The summed E-state index contributed by atoms with van der Waals surface area (Å²) in [5, 5.41) is 0. The molecule has 6 heteroatoms. The van der Waals surface area contributed by atoms with Crippen LogP contribution in [0.15, 0.2) is 48.2 Å². The summed E-state index contributed by atoms with van der Waals surface area (Å²) in [6.45, 7) is 6.18. The third-order valence-electron chi connectivity index (χ3n) is 5.36. The average molecular weight is 392 g/mol. The molecule has 0 N–H and O–H groups in total. The molecule has 0 bridgehead atoms. The molecule has 2 aromatic carbocycles. The Bertz CT molecular complexity index is 1010. The molecule has 2 aromatic rings. The Balaban J connectivity index is 1.88. The van der Waals surface area contributed by atoms with Gasteiger partial charge in [0.05, 0.1) is 31.6 Å². The van der Waals surface area contributed by atoms with Gasteiger partial charge >= 0.3 is 0 Å². The highest BCUT2D eigenvalue weighted by Gasteiger charge is 2.44. The van der Waals surface area contributed by atoms with Gasteiger partial charge in [0.1, 0.15) is 11.4 Å². The second-order valence-electron chi connectivity index (χ2n) is 7.26. The van der Waals surface area contributed by atoms with Gasteiger partial charge in [0.2, 0.25) is 0 Å². The molecule has 2 aliphatic heterocycles. The lowest BCUT2D eigenvalue weighted by molar-refractivity contribution is -0.121. The predicted octanol–water partition coefficient (Wildman–Crippen LogP) is 2.93. The van der Waals surface area contributed by atoms with Crippen molar-refractivity contribution in [2.24, 2.45) is 0 Å². The van der Waals surface area contributed by atoms with E-state index < -0.39 is 0 Å². The van der Waals surface area contributed by atoms with Crippen LogP contribution >= 0.6 is 0 Å². The average Bonchev–Trinajstić information content (AvgIpc) is 2.98. The molecule has 0 atom stereocenters. The number of hydrogen-bond acceptors (Lipinski definition) is 5. The lowest BCUT2D eigenvalue weighted by Crippen LogP contribution is -2.40. The molecule has 6 nitrogen and oxygen atoms in total. The fourth-order valence-electron chi connectivity index (χ4n) is 3.97. The number of benzene rings is 2. The predicted molar refractivity (Wildman–Crippen MR) is 111 cm³/mol. The molecule has 0 aromatic heterocycles. The van der Waals surface area contributed by atoms with Gasteiger partial charge in [0.25, 0.3) is 11.8 Å². The number of methoxy groups -OCH3 is 1. The van der Waals surface area contributed by atoms with Crippen molar-refractivity contribution in [1.82, 2.24) is 4.90 Å². The van der Waals surface area contributed by atoms with Crippen molar-refractivity contribution in [3.8, 4) is 5.75 Å². The van der Waals surface area contributed by atoms with Gasteiger partial charge in [0.15, 0.2) is 0 Å². The van der Waals surface area contributed by atoms with Crippen LogP contribution in [0, 0.1) is 13.8 Å². The second-order valence-corrected chi connectivity index (χ2v) is 7.26. The minimum Gasteiger partial charge on any atom is -0.495 e. The number of carbonyl (C=O) groups is 2. The van der Waals surface area contributed by atoms with Crippen molar-refractivity contribution < 1.29 is 19.1 Å². The smallest absolute Gasteiger partial charge is 0.282 e. The van der Waals surface area contributed by atoms with E-state index in [0.29, 0.717) is 49.0 Å². The van der Waals surface area contributed by atoms with Crippen molar-refractivity contribution in [2.45, 2.75) is 13.8 Å². The molecule has 1 saturated heterocycles. The number of carbonyl (C=O) groups excluding carboxylic acids is 2. The number of amides is 2. The Morgan fingerprint density at radius 1 is 0.966 bits per heavy atom. The van der Waals surface area contributed by atoms with Crippen LogP contribution in [0.1, 0.15) is 16.7 Å². The van der Waals surface area contributed by atoms with E-state index in [0.717, 1.165) is 16.7 Å². The van der Waals surface area contributed by atoms with E-state index >= 15 is 0 Å². The summed E-state index contributed by atoms with van der Waals surface area (Å²) >= 11 is 0. The van der Waals surface area contributed by atoms with Gasteiger partial charge in [-0.3, -0.25) is 9.59 Å². The normalized spacial score (nSPS) is 17.3. The molecule has 29 heavy (non-hydrogen) atoms. The Morgan fingerprint density at radius 2 is 1.69 bits per heavy atom. The molecule has 2 heterocycles. The topological polar surface area (TPSA) is 59.1 Å². The fraction of sp³-hybridized carbons (Fsp3) is 0.304. The standard InChI is InChI=1S/C23H24N2O4/c1-15-8-9-17(16(2)14-15)20-21(24-10-12-29-13-11-24)23(27)25(22(20)26)18-6-4-5-7-19(18)28-3/h4-9,14H,10-13H2,1-3H3. The van der Waals surface area contributed by atoms with Crippen LogP contribution in [0.3, 0.4) is 0 Å². The first-order chi connectivity index (χ1) is 14.0. The number of hydrogen-bond donors (Lipinski definition) is 0. The molecule has 0 saturated carbocycles. The summed E-state index contributed by atoms with van der Waals surface area (Å²) in [4.78, 5) is 30.4. The van der Waals surface area contributed by atoms with E-state index in [2.05, 4.69) is 0 Å². The van der Waals surface area contributed by atoms with Crippen molar-refractivity contribution in [3.63, 3.8) is 0 Å². The molecule has 150 valence electrons. The van der Waals surface area contributed by atoms with E-state index in [9.17, 15) is 9.59 Å². The first-order valence-electron chi connectivity index (χ1n) is 9.69. The van der Waals surface area contributed by atoms with Gasteiger partial charge in [-0.1, -0.05) is 35.9 Å². The molecular formula is C23H24N2O4. The SMILES string of the molecule is COc1ccccc1N1C(=O)C(c2ccc(C)cc2C)=C(N2CCOCC2)C1=O. The number of nitrogens with zero attached hydrogens (tertiary/aromatic N) is 2. The zero-order valence-electron chi connectivity index (χ0n) is 16.9. The van der Waals surface area contributed by atoms with Crippen molar-refractivity contribution >= 4 is 23.1 Å². The molecule has 0 aliphatic carbocycles. The third-order valence-corrected chi connectivity index (χ3v) is 5.36. The number of aryl methyl sites for hydroxylation is 2. The maximum Gasteiger partial charge on any atom is 0.282 e. The maximum absolute atomic E-state index is 13.6. The Kier molecular flexibility index (Phi) is 5.11. The van der Waals surface area contributed by atoms with Crippen molar-refractivity contribution in [2.75, 3.05) is 38.3 Å². The van der Waals surface area contributed by atoms with Gasteiger partial charge in [-0.15, -0.1) is 0 Å². The van der Waals surface area contributed by atoms with E-state index in [1.165, 1.54) is 12.0 Å². The molecule has 2 aliphatic rings. The minimum absolute atomic E-state index is 0.323. The van der Waals surface area contributed by atoms with Gasteiger partial charge in [-0.25, -0.2) is 4.90 Å². The van der Waals surface area contributed by atoms with E-state index in [1.54, 1.807) is 18.2 Å².